The zero-order chi connectivity index (χ0) is 26.0. The molecule has 0 spiro atoms. The van der Waals surface area contributed by atoms with Gasteiger partial charge in [0.2, 0.25) is 0 Å². The molecular weight excluding hydrogens is 909 g/mol. The van der Waals surface area contributed by atoms with E-state index in [0.29, 0.717) is 27.1 Å². The maximum atomic E-state index is 2.26. The first kappa shape index (κ1) is 44.1. The van der Waals surface area contributed by atoms with Crippen LogP contribution in [0.1, 0.15) is 104 Å². The predicted molar refractivity (Wildman–Crippen MR) is 150 cm³/mol. The second-order valence-electron chi connectivity index (χ2n) is 13.6. The van der Waals surface area contributed by atoms with Crippen LogP contribution in [0.5, 0.6) is 0 Å². The summed E-state index contributed by atoms with van der Waals surface area (Å²) >= 11 is 9.49. The molecule has 0 amide bonds. The van der Waals surface area contributed by atoms with Gasteiger partial charge in [-0.3, -0.25) is 0 Å². The quantitative estimate of drug-likeness (QED) is 0.216. The molecule has 0 aliphatic rings. The third kappa shape index (κ3) is 85.1. The predicted octanol–water partition coefficient (Wildman–Crippen LogP) is 8.10. The van der Waals surface area contributed by atoms with Crippen molar-refractivity contribution in [3.8, 4) is 0 Å². The van der Waals surface area contributed by atoms with E-state index in [9.17, 15) is 0 Å². The first-order valence-electron chi connectivity index (χ1n) is 10.8. The Morgan fingerprint density at radius 1 is 0.267 bits per heavy atom. The van der Waals surface area contributed by atoms with E-state index in [1.165, 1.54) is 21.8 Å². The normalized spacial score (nSPS) is 12.0. The number of hydrogen-bond acceptors (Lipinski definition) is 0. The molecule has 5 heteroatoms. The van der Waals surface area contributed by atoms with Crippen molar-refractivity contribution in [2.45, 2.75) is 126 Å². The molecule has 0 unspecified atom stereocenters. The van der Waals surface area contributed by atoms with Crippen molar-refractivity contribution < 1.29 is 0 Å². The fourth-order valence-electron chi connectivity index (χ4n) is 0. The van der Waals surface area contributed by atoms with E-state index in [1.807, 2.05) is 115 Å². The fraction of sp³-hybridized carbons (Fsp3) is 1.00. The van der Waals surface area contributed by atoms with E-state index >= 15 is 0 Å². The summed E-state index contributed by atoms with van der Waals surface area (Å²) in [4.78, 5) is 0. The second kappa shape index (κ2) is 22.3. The van der Waals surface area contributed by atoms with Gasteiger partial charge in [0.25, 0.3) is 0 Å². The molecule has 0 atom stereocenters. The molecule has 0 heterocycles. The Kier molecular flexibility index (Phi) is 32.8. The van der Waals surface area contributed by atoms with Gasteiger partial charge in [0.05, 0.1) is 0 Å². The Morgan fingerprint density at radius 2 is 0.300 bits per heavy atom. The van der Waals surface area contributed by atoms with Crippen LogP contribution in [-0.4, -0.2) is 115 Å². The van der Waals surface area contributed by atoms with Gasteiger partial charge in [0.1, 0.15) is 0 Å². The van der Waals surface area contributed by atoms with Gasteiger partial charge in [-0.2, -0.15) is 0 Å². The standard InChI is InChI=1S/5C5H11.5Sb/c5*1-5(2,3)4;;;;;/h5*1H2,2-4H3;;;;;. The molecule has 0 aromatic heterocycles. The van der Waals surface area contributed by atoms with Crippen LogP contribution in [0.3, 0.4) is 0 Å². The van der Waals surface area contributed by atoms with Crippen molar-refractivity contribution in [1.82, 2.24) is 0 Å². The van der Waals surface area contributed by atoms with Crippen LogP contribution in [0.15, 0.2) is 0 Å². The van der Waals surface area contributed by atoms with Crippen molar-refractivity contribution in [1.29, 1.82) is 0 Å². The van der Waals surface area contributed by atoms with E-state index in [4.69, 9.17) is 0 Å². The van der Waals surface area contributed by atoms with Crippen LogP contribution >= 0.6 is 0 Å². The Labute approximate surface area is 264 Å². The van der Waals surface area contributed by atoms with Crippen LogP contribution < -0.4 is 0 Å². The summed E-state index contributed by atoms with van der Waals surface area (Å²) in [5, 5.41) is 0. The van der Waals surface area contributed by atoms with Crippen LogP contribution in [-0.2, 0) is 0 Å². The monoisotopic (exact) mass is 960 g/mol. The third-order valence-electron chi connectivity index (χ3n) is 2.37. The van der Waals surface area contributed by atoms with E-state index in [1.54, 1.807) is 0 Å². The molecule has 0 aliphatic heterocycles. The zero-order valence-corrected chi connectivity index (χ0v) is 36.0. The molecule has 0 rings (SSSR count). The van der Waals surface area contributed by atoms with Gasteiger partial charge in [0.15, 0.2) is 0 Å². The number of hydrogen-bond donors (Lipinski definition) is 0. The second-order valence-corrected chi connectivity index (χ2v) is 18.1. The van der Waals surface area contributed by atoms with Crippen LogP contribution in [0.2, 0.25) is 21.8 Å². The van der Waals surface area contributed by atoms with Gasteiger partial charge in [0, 0.05) is 0 Å². The Morgan fingerprint density at radius 3 is 0.300 bits per heavy atom. The first-order valence-corrected chi connectivity index (χ1v) is 19.9. The summed E-state index contributed by atoms with van der Waals surface area (Å²) in [6.45, 7) is 33.8. The van der Waals surface area contributed by atoms with E-state index in [-0.39, 0.29) is 0 Å². The van der Waals surface area contributed by atoms with Crippen molar-refractivity contribution in [3.63, 3.8) is 0 Å². The molecule has 0 fully saturated rings. The summed E-state index contributed by atoms with van der Waals surface area (Å²) in [5.41, 5.74) is 2.82. The molecule has 0 saturated carbocycles. The van der Waals surface area contributed by atoms with Gasteiger partial charge in [-0.05, 0) is 0 Å². The SMILES string of the molecule is CC(C)(C)[CH2][Sb].CC(C)(C)[CH2][Sb].CC(C)(C)[CH2][Sb].CC(C)(C)[CH2][Sb].CC(C)(C)[CH2][Sb]. The van der Waals surface area contributed by atoms with Gasteiger partial charge in [-0.25, -0.2) is 0 Å². The minimum absolute atomic E-state index is 0.564. The van der Waals surface area contributed by atoms with Crippen molar-refractivity contribution in [3.05, 3.63) is 0 Å². The van der Waals surface area contributed by atoms with Gasteiger partial charge < -0.3 is 0 Å². The van der Waals surface area contributed by atoms with E-state index in [0.717, 1.165) is 0 Å². The van der Waals surface area contributed by atoms with Gasteiger partial charge >= 0.3 is 268 Å². The maximum absolute atomic E-state index is 2.26. The molecule has 0 aromatic rings. The fourth-order valence-corrected chi connectivity index (χ4v) is 0. The molecule has 180 valence electrons. The summed E-state index contributed by atoms with van der Waals surface area (Å²) in [6.07, 6.45) is 0. The average molecular weight is 965 g/mol. The summed E-state index contributed by atoms with van der Waals surface area (Å²) < 4.78 is 6.60. The zero-order valence-electron chi connectivity index (χ0n) is 23.3. The molecule has 10 radical (unpaired) electrons. The summed E-state index contributed by atoms with van der Waals surface area (Å²) in [5.74, 6) is 0. The van der Waals surface area contributed by atoms with Crippen LogP contribution in [0, 0.1) is 27.1 Å². The van der Waals surface area contributed by atoms with E-state index < -0.39 is 0 Å². The van der Waals surface area contributed by atoms with Crippen molar-refractivity contribution >= 4 is 115 Å². The number of rotatable bonds is 0. The Balaban J connectivity index is -0.0000000868. The molecular formula is C25H55Sb5. The van der Waals surface area contributed by atoms with Crippen molar-refractivity contribution in [2.75, 3.05) is 0 Å². The van der Waals surface area contributed by atoms with Gasteiger partial charge in [-0.1, -0.05) is 0 Å². The molecule has 0 bridgehead atoms. The van der Waals surface area contributed by atoms with Gasteiger partial charge in [-0.15, -0.1) is 0 Å². The first-order chi connectivity index (χ1) is 12.8. The summed E-state index contributed by atoms with van der Waals surface area (Å²) in [6, 6.07) is 0. The van der Waals surface area contributed by atoms with Crippen LogP contribution in [0.4, 0.5) is 0 Å². The van der Waals surface area contributed by atoms with Crippen LogP contribution in [0.25, 0.3) is 0 Å². The molecule has 30 heavy (non-hydrogen) atoms. The van der Waals surface area contributed by atoms with E-state index in [2.05, 4.69) is 104 Å². The third-order valence-corrected chi connectivity index (χ3v) is 15.9. The molecule has 0 saturated heterocycles. The Bertz CT molecular complexity index is 250. The van der Waals surface area contributed by atoms with Crippen molar-refractivity contribution in [2.24, 2.45) is 27.1 Å². The molecule has 0 N–H and O–H groups in total. The molecule has 0 nitrogen and oxygen atoms in total. The summed E-state index contributed by atoms with van der Waals surface area (Å²) in [7, 11) is 0. The average Bonchev–Trinajstić information content (AvgIpc) is 2.54. The molecule has 0 aliphatic carbocycles. The minimum atomic E-state index is 0.564. The topological polar surface area (TPSA) is 0 Å². The Hall–Kier alpha value is 4.09. The molecule has 0 aromatic carbocycles.